The second-order valence-electron chi connectivity index (χ2n) is 4.08. The highest BCUT2D eigenvalue weighted by atomic mass is 79.9. The summed E-state index contributed by atoms with van der Waals surface area (Å²) in [5, 5.41) is 4.78. The summed E-state index contributed by atoms with van der Waals surface area (Å²) in [6.07, 6.45) is 1.71. The minimum absolute atomic E-state index is 0.00116. The Kier molecular flexibility index (Phi) is 2.56. The van der Waals surface area contributed by atoms with Crippen molar-refractivity contribution in [3.8, 4) is 11.4 Å². The lowest BCUT2D eigenvalue weighted by molar-refractivity contribution is 0.773. The van der Waals surface area contributed by atoms with E-state index in [4.69, 9.17) is 0 Å². The minimum Gasteiger partial charge on any atom is -0.353 e. The van der Waals surface area contributed by atoms with Crippen LogP contribution in [0.4, 0.5) is 0 Å². The Morgan fingerprint density at radius 1 is 1.28 bits per heavy atom. The summed E-state index contributed by atoms with van der Waals surface area (Å²) in [4.78, 5) is 15.3. The van der Waals surface area contributed by atoms with Gasteiger partial charge in [0.15, 0.2) is 5.43 Å². The second kappa shape index (κ2) is 4.10. The molecule has 0 saturated carbocycles. The van der Waals surface area contributed by atoms with E-state index < -0.39 is 0 Å². The topological polar surface area (TPSA) is 50.7 Å². The third-order valence-corrected chi connectivity index (χ3v) is 3.38. The first-order valence-corrected chi connectivity index (χ1v) is 6.25. The maximum absolute atomic E-state index is 12.1. The first-order chi connectivity index (χ1) is 8.65. The highest BCUT2D eigenvalue weighted by Gasteiger charge is 2.07. The first kappa shape index (κ1) is 11.2. The van der Waals surface area contributed by atoms with Crippen LogP contribution in [0.15, 0.2) is 45.8 Å². The number of aromatic nitrogens is 3. The summed E-state index contributed by atoms with van der Waals surface area (Å²) in [6, 6.07) is 9.09. The second-order valence-corrected chi connectivity index (χ2v) is 4.99. The van der Waals surface area contributed by atoms with Gasteiger partial charge in [-0.25, -0.2) is 0 Å². The minimum atomic E-state index is 0.00116. The van der Waals surface area contributed by atoms with Gasteiger partial charge in [0, 0.05) is 34.7 Å². The quantitative estimate of drug-likeness (QED) is 0.751. The zero-order chi connectivity index (χ0) is 12.7. The number of nitrogens with one attached hydrogen (secondary N) is 1. The van der Waals surface area contributed by atoms with Crippen LogP contribution in [-0.2, 0) is 7.05 Å². The molecule has 0 spiro atoms. The van der Waals surface area contributed by atoms with Gasteiger partial charge in [-0.2, -0.15) is 5.10 Å². The number of aromatic amines is 1. The Balaban J connectivity index is 2.32. The van der Waals surface area contributed by atoms with Crippen molar-refractivity contribution >= 4 is 26.8 Å². The molecule has 90 valence electrons. The molecule has 0 bridgehead atoms. The van der Waals surface area contributed by atoms with Crippen LogP contribution < -0.4 is 5.43 Å². The predicted molar refractivity (Wildman–Crippen MR) is 74.5 cm³/mol. The maximum atomic E-state index is 12.1. The lowest BCUT2D eigenvalue weighted by Crippen LogP contribution is -2.04. The van der Waals surface area contributed by atoms with Gasteiger partial charge in [-0.1, -0.05) is 15.9 Å². The van der Waals surface area contributed by atoms with E-state index in [1.54, 1.807) is 16.9 Å². The Morgan fingerprint density at radius 2 is 2.11 bits per heavy atom. The van der Waals surface area contributed by atoms with E-state index in [1.807, 2.05) is 31.3 Å². The van der Waals surface area contributed by atoms with Crippen LogP contribution >= 0.6 is 15.9 Å². The van der Waals surface area contributed by atoms with E-state index in [-0.39, 0.29) is 5.43 Å². The average Bonchev–Trinajstić information content (AvgIpc) is 2.76. The fourth-order valence-corrected chi connectivity index (χ4v) is 2.36. The number of benzene rings is 1. The number of hydrogen-bond donors (Lipinski definition) is 1. The largest absolute Gasteiger partial charge is 0.353 e. The van der Waals surface area contributed by atoms with Gasteiger partial charge >= 0.3 is 0 Å². The van der Waals surface area contributed by atoms with Crippen molar-refractivity contribution in [3.63, 3.8) is 0 Å². The Labute approximate surface area is 111 Å². The molecule has 2 aromatic heterocycles. The molecule has 0 aliphatic carbocycles. The standard InChI is InChI=1S/C13H10BrN3O/c1-17-12(4-5-15-17)11-7-13(18)9-6-8(14)2-3-10(9)16-11/h2-7H,1H3,(H,16,18). The normalized spacial score (nSPS) is 11.0. The van der Waals surface area contributed by atoms with Crippen LogP contribution in [0.3, 0.4) is 0 Å². The third-order valence-electron chi connectivity index (χ3n) is 2.89. The highest BCUT2D eigenvalue weighted by molar-refractivity contribution is 9.10. The maximum Gasteiger partial charge on any atom is 0.190 e. The summed E-state index contributed by atoms with van der Waals surface area (Å²) < 4.78 is 2.63. The Morgan fingerprint density at radius 3 is 2.83 bits per heavy atom. The predicted octanol–water partition coefficient (Wildman–Crippen LogP) is 2.69. The van der Waals surface area contributed by atoms with E-state index in [0.29, 0.717) is 5.39 Å². The van der Waals surface area contributed by atoms with Crippen molar-refractivity contribution in [2.24, 2.45) is 7.05 Å². The van der Waals surface area contributed by atoms with E-state index in [9.17, 15) is 4.79 Å². The number of aryl methyl sites for hydroxylation is 1. The molecule has 3 aromatic rings. The zero-order valence-electron chi connectivity index (χ0n) is 9.64. The van der Waals surface area contributed by atoms with Gasteiger partial charge in [0.05, 0.1) is 11.4 Å². The molecule has 1 N–H and O–H groups in total. The van der Waals surface area contributed by atoms with Crippen LogP contribution in [0.25, 0.3) is 22.3 Å². The van der Waals surface area contributed by atoms with E-state index >= 15 is 0 Å². The molecule has 4 nitrogen and oxygen atoms in total. The van der Waals surface area contributed by atoms with Gasteiger partial charge in [-0.15, -0.1) is 0 Å². The van der Waals surface area contributed by atoms with Crippen LogP contribution in [0.5, 0.6) is 0 Å². The van der Waals surface area contributed by atoms with E-state index in [2.05, 4.69) is 26.0 Å². The van der Waals surface area contributed by atoms with Gasteiger partial charge in [-0.3, -0.25) is 9.48 Å². The molecule has 5 heteroatoms. The van der Waals surface area contributed by atoms with Crippen LogP contribution in [0.1, 0.15) is 0 Å². The molecule has 0 aliphatic heterocycles. The molecule has 0 saturated heterocycles. The van der Waals surface area contributed by atoms with Gasteiger partial charge in [0.25, 0.3) is 0 Å². The monoisotopic (exact) mass is 303 g/mol. The number of fused-ring (bicyclic) bond motifs is 1. The number of halogens is 1. The third kappa shape index (κ3) is 1.76. The van der Waals surface area contributed by atoms with Crippen molar-refractivity contribution in [2.45, 2.75) is 0 Å². The van der Waals surface area contributed by atoms with Crippen molar-refractivity contribution in [1.29, 1.82) is 0 Å². The molecule has 3 rings (SSSR count). The Bertz CT molecular complexity index is 788. The molecule has 0 radical (unpaired) electrons. The average molecular weight is 304 g/mol. The smallest absolute Gasteiger partial charge is 0.190 e. The van der Waals surface area contributed by atoms with Crippen molar-refractivity contribution in [2.75, 3.05) is 0 Å². The molecule has 0 atom stereocenters. The molecule has 2 heterocycles. The summed E-state index contributed by atoms with van der Waals surface area (Å²) in [5.41, 5.74) is 2.48. The number of hydrogen-bond acceptors (Lipinski definition) is 2. The lowest BCUT2D eigenvalue weighted by atomic mass is 10.1. The molecule has 1 aromatic carbocycles. The number of pyridine rings is 1. The fourth-order valence-electron chi connectivity index (χ4n) is 2.00. The van der Waals surface area contributed by atoms with Crippen molar-refractivity contribution < 1.29 is 0 Å². The van der Waals surface area contributed by atoms with Crippen LogP contribution in [-0.4, -0.2) is 14.8 Å². The molecule has 0 aliphatic rings. The SMILES string of the molecule is Cn1nccc1-c1cc(=O)c2cc(Br)ccc2[nH]1. The summed E-state index contributed by atoms with van der Waals surface area (Å²) in [6.45, 7) is 0. The van der Waals surface area contributed by atoms with Gasteiger partial charge < -0.3 is 4.98 Å². The zero-order valence-corrected chi connectivity index (χ0v) is 11.2. The molecule has 18 heavy (non-hydrogen) atoms. The number of rotatable bonds is 1. The van der Waals surface area contributed by atoms with E-state index in [1.165, 1.54) is 0 Å². The van der Waals surface area contributed by atoms with Crippen LogP contribution in [0.2, 0.25) is 0 Å². The molecule has 0 fully saturated rings. The first-order valence-electron chi connectivity index (χ1n) is 5.46. The van der Waals surface area contributed by atoms with Gasteiger partial charge in [-0.05, 0) is 24.3 Å². The van der Waals surface area contributed by atoms with Crippen molar-refractivity contribution in [3.05, 3.63) is 51.2 Å². The van der Waals surface area contributed by atoms with Gasteiger partial charge in [0.1, 0.15) is 0 Å². The summed E-state index contributed by atoms with van der Waals surface area (Å²) in [7, 11) is 1.85. The number of nitrogens with zero attached hydrogens (tertiary/aromatic N) is 2. The molecule has 0 unspecified atom stereocenters. The molecule has 0 amide bonds. The van der Waals surface area contributed by atoms with Gasteiger partial charge in [0.2, 0.25) is 0 Å². The molecular weight excluding hydrogens is 294 g/mol. The fraction of sp³-hybridized carbons (Fsp3) is 0.0769. The lowest BCUT2D eigenvalue weighted by Gasteiger charge is -2.05. The highest BCUT2D eigenvalue weighted by Crippen LogP contribution is 2.20. The van der Waals surface area contributed by atoms with Crippen molar-refractivity contribution in [1.82, 2.24) is 14.8 Å². The summed E-state index contributed by atoms with van der Waals surface area (Å²) in [5.74, 6) is 0. The van der Waals surface area contributed by atoms with Crippen LogP contribution in [0, 0.1) is 0 Å². The molecular formula is C13H10BrN3O. The number of H-pyrrole nitrogens is 1. The Hall–Kier alpha value is -1.88. The van der Waals surface area contributed by atoms with E-state index in [0.717, 1.165) is 21.4 Å². The summed E-state index contributed by atoms with van der Waals surface area (Å²) >= 11 is 3.37.